The van der Waals surface area contributed by atoms with Crippen LogP contribution in [0.25, 0.3) is 0 Å². The second kappa shape index (κ2) is 6.11. The van der Waals surface area contributed by atoms with Crippen molar-refractivity contribution in [3.05, 3.63) is 23.8 Å². The van der Waals surface area contributed by atoms with E-state index in [1.165, 1.54) is 10.4 Å². The van der Waals surface area contributed by atoms with Crippen molar-refractivity contribution < 1.29 is 13.5 Å². The minimum Gasteiger partial charge on any atom is -0.398 e. The third-order valence-electron chi connectivity index (χ3n) is 3.89. The van der Waals surface area contributed by atoms with Crippen LogP contribution in [0.3, 0.4) is 0 Å². The molecule has 5 nitrogen and oxygen atoms in total. The van der Waals surface area contributed by atoms with Gasteiger partial charge < -0.3 is 10.8 Å². The minimum absolute atomic E-state index is 0.137. The number of aliphatic hydroxyl groups excluding tert-OH is 1. The molecule has 0 spiro atoms. The van der Waals surface area contributed by atoms with Crippen LogP contribution in [0.4, 0.5) is 5.69 Å². The normalized spacial score (nSPS) is 21.0. The molecule has 1 aromatic carbocycles. The Balaban J connectivity index is 2.36. The molecule has 1 saturated heterocycles. The number of sulfonamides is 1. The average molecular weight is 298 g/mol. The number of benzene rings is 1. The van der Waals surface area contributed by atoms with Crippen LogP contribution >= 0.6 is 0 Å². The number of anilines is 1. The molecule has 3 N–H and O–H groups in total. The summed E-state index contributed by atoms with van der Waals surface area (Å²) in [6.45, 7) is 2.30. The van der Waals surface area contributed by atoms with Crippen LogP contribution in [0.5, 0.6) is 0 Å². The summed E-state index contributed by atoms with van der Waals surface area (Å²) < 4.78 is 26.7. The Morgan fingerprint density at radius 1 is 1.40 bits per heavy atom. The van der Waals surface area contributed by atoms with Crippen molar-refractivity contribution in [3.8, 4) is 0 Å². The molecule has 20 heavy (non-hydrogen) atoms. The van der Waals surface area contributed by atoms with Crippen molar-refractivity contribution in [2.24, 2.45) is 0 Å². The predicted molar refractivity (Wildman–Crippen MR) is 78.8 cm³/mol. The van der Waals surface area contributed by atoms with Gasteiger partial charge in [-0.2, -0.15) is 4.31 Å². The number of rotatable bonds is 4. The lowest BCUT2D eigenvalue weighted by Gasteiger charge is -2.33. The molecule has 2 rings (SSSR count). The van der Waals surface area contributed by atoms with Crippen molar-refractivity contribution in [2.75, 3.05) is 18.9 Å². The zero-order chi connectivity index (χ0) is 14.8. The SMILES string of the molecule is CCc1ccc(S(=O)(=O)N2CCCCC2CO)cc1N. The van der Waals surface area contributed by atoms with Gasteiger partial charge in [-0.3, -0.25) is 0 Å². The van der Waals surface area contributed by atoms with Crippen LogP contribution in [0.1, 0.15) is 31.7 Å². The average Bonchev–Trinajstić information content (AvgIpc) is 2.47. The summed E-state index contributed by atoms with van der Waals surface area (Å²) in [5.41, 5.74) is 7.34. The number of hydrogen-bond donors (Lipinski definition) is 2. The van der Waals surface area contributed by atoms with E-state index < -0.39 is 10.0 Å². The van der Waals surface area contributed by atoms with Gasteiger partial charge in [-0.15, -0.1) is 0 Å². The molecule has 1 unspecified atom stereocenters. The monoisotopic (exact) mass is 298 g/mol. The van der Waals surface area contributed by atoms with E-state index in [9.17, 15) is 13.5 Å². The quantitative estimate of drug-likeness (QED) is 0.822. The van der Waals surface area contributed by atoms with E-state index in [4.69, 9.17) is 5.73 Å². The Labute approximate surface area is 120 Å². The van der Waals surface area contributed by atoms with Gasteiger partial charge >= 0.3 is 0 Å². The number of hydrogen-bond acceptors (Lipinski definition) is 4. The maximum atomic E-state index is 12.7. The Bertz CT molecular complexity index is 572. The molecule has 112 valence electrons. The van der Waals surface area contributed by atoms with Gasteiger partial charge in [-0.25, -0.2) is 8.42 Å². The highest BCUT2D eigenvalue weighted by atomic mass is 32.2. The van der Waals surface area contributed by atoms with Crippen LogP contribution < -0.4 is 5.73 Å². The lowest BCUT2D eigenvalue weighted by molar-refractivity contribution is 0.155. The van der Waals surface area contributed by atoms with Gasteiger partial charge in [0.15, 0.2) is 0 Å². The summed E-state index contributed by atoms with van der Waals surface area (Å²) >= 11 is 0. The van der Waals surface area contributed by atoms with Gasteiger partial charge in [0.2, 0.25) is 10.0 Å². The molecule has 6 heteroatoms. The Kier molecular flexibility index (Phi) is 4.67. The van der Waals surface area contributed by atoms with Gasteiger partial charge in [0.05, 0.1) is 11.5 Å². The summed E-state index contributed by atoms with van der Waals surface area (Å²) in [6.07, 6.45) is 3.26. The van der Waals surface area contributed by atoms with Crippen molar-refractivity contribution in [2.45, 2.75) is 43.5 Å². The highest BCUT2D eigenvalue weighted by Gasteiger charge is 2.33. The van der Waals surface area contributed by atoms with E-state index in [1.807, 2.05) is 6.92 Å². The van der Waals surface area contributed by atoms with Gasteiger partial charge in [-0.1, -0.05) is 19.4 Å². The van der Waals surface area contributed by atoms with E-state index in [1.54, 1.807) is 12.1 Å². The molecule has 1 fully saturated rings. The highest BCUT2D eigenvalue weighted by Crippen LogP contribution is 2.27. The van der Waals surface area contributed by atoms with Crippen molar-refractivity contribution in [1.82, 2.24) is 4.31 Å². The molecule has 0 aliphatic carbocycles. The molecule has 1 aliphatic heterocycles. The van der Waals surface area contributed by atoms with Crippen molar-refractivity contribution in [1.29, 1.82) is 0 Å². The summed E-state index contributed by atoms with van der Waals surface area (Å²) in [6, 6.07) is 4.58. The van der Waals surface area contributed by atoms with E-state index in [0.717, 1.165) is 24.8 Å². The third-order valence-corrected chi connectivity index (χ3v) is 5.84. The third kappa shape index (κ3) is 2.82. The number of nitrogen functional groups attached to an aromatic ring is 1. The van der Waals surface area contributed by atoms with Crippen molar-refractivity contribution in [3.63, 3.8) is 0 Å². The molecule has 0 bridgehead atoms. The van der Waals surface area contributed by atoms with E-state index in [-0.39, 0.29) is 17.5 Å². The summed E-state index contributed by atoms with van der Waals surface area (Å²) in [5, 5.41) is 9.38. The van der Waals surface area contributed by atoms with E-state index >= 15 is 0 Å². The largest absolute Gasteiger partial charge is 0.398 e. The molecular formula is C14H22N2O3S. The van der Waals surface area contributed by atoms with Crippen LogP contribution in [-0.2, 0) is 16.4 Å². The molecule has 0 aromatic heterocycles. The Morgan fingerprint density at radius 2 is 2.15 bits per heavy atom. The highest BCUT2D eigenvalue weighted by molar-refractivity contribution is 7.89. The lowest BCUT2D eigenvalue weighted by Crippen LogP contribution is -2.45. The second-order valence-corrected chi connectivity index (χ2v) is 7.05. The van der Waals surface area contributed by atoms with E-state index in [0.29, 0.717) is 18.7 Å². The Hall–Kier alpha value is -1.11. The smallest absolute Gasteiger partial charge is 0.243 e. The number of aliphatic hydroxyl groups is 1. The first-order valence-corrected chi connectivity index (χ1v) is 8.45. The molecule has 0 saturated carbocycles. The van der Waals surface area contributed by atoms with E-state index in [2.05, 4.69) is 0 Å². The van der Waals surface area contributed by atoms with Gasteiger partial charge in [0, 0.05) is 18.3 Å². The fourth-order valence-electron chi connectivity index (χ4n) is 2.66. The summed E-state index contributed by atoms with van der Waals surface area (Å²) in [5.74, 6) is 0. The maximum absolute atomic E-state index is 12.7. The zero-order valence-corrected chi connectivity index (χ0v) is 12.6. The summed E-state index contributed by atoms with van der Waals surface area (Å²) in [7, 11) is -3.58. The fourth-order valence-corrected chi connectivity index (χ4v) is 4.38. The predicted octanol–water partition coefficient (Wildman–Crippen LogP) is 1.37. The first-order chi connectivity index (χ1) is 9.50. The molecule has 1 atom stereocenters. The van der Waals surface area contributed by atoms with Crippen LogP contribution in [-0.4, -0.2) is 37.0 Å². The maximum Gasteiger partial charge on any atom is 0.243 e. The Morgan fingerprint density at radius 3 is 2.75 bits per heavy atom. The van der Waals surface area contributed by atoms with Crippen LogP contribution in [0, 0.1) is 0 Å². The van der Waals surface area contributed by atoms with Gasteiger partial charge in [0.1, 0.15) is 0 Å². The standard InChI is InChI=1S/C14H22N2O3S/c1-2-11-6-7-13(9-14(11)15)20(18,19)16-8-4-3-5-12(16)10-17/h6-7,9,12,17H,2-5,8,10,15H2,1H3. The first-order valence-electron chi connectivity index (χ1n) is 7.01. The number of nitrogens with two attached hydrogens (primary N) is 1. The molecular weight excluding hydrogens is 276 g/mol. The van der Waals surface area contributed by atoms with Crippen molar-refractivity contribution >= 4 is 15.7 Å². The second-order valence-electron chi connectivity index (χ2n) is 5.16. The molecule has 1 heterocycles. The molecule has 0 amide bonds. The molecule has 1 aliphatic rings. The van der Waals surface area contributed by atoms with Gasteiger partial charge in [-0.05, 0) is 37.0 Å². The fraction of sp³-hybridized carbons (Fsp3) is 0.571. The number of piperidine rings is 1. The van der Waals surface area contributed by atoms with Gasteiger partial charge in [0.25, 0.3) is 0 Å². The molecule has 0 radical (unpaired) electrons. The zero-order valence-electron chi connectivity index (χ0n) is 11.7. The minimum atomic E-state index is -3.58. The molecule has 1 aromatic rings. The van der Waals surface area contributed by atoms with Crippen LogP contribution in [0.15, 0.2) is 23.1 Å². The lowest BCUT2D eigenvalue weighted by atomic mass is 10.1. The number of nitrogens with zero attached hydrogens (tertiary/aromatic N) is 1. The summed E-state index contributed by atoms with van der Waals surface area (Å²) in [4.78, 5) is 0.215. The number of aryl methyl sites for hydroxylation is 1. The van der Waals surface area contributed by atoms with Crippen LogP contribution in [0.2, 0.25) is 0 Å². The topological polar surface area (TPSA) is 83.6 Å². The first kappa shape index (κ1) is 15.3.